The molecule has 0 radical (unpaired) electrons. The normalized spacial score (nSPS) is 11.2. The highest BCUT2D eigenvalue weighted by molar-refractivity contribution is 7.10. The Balaban J connectivity index is 1.96. The lowest BCUT2D eigenvalue weighted by molar-refractivity contribution is -0.155. The number of benzene rings is 1. The first-order valence-electron chi connectivity index (χ1n) is 7.26. The van der Waals surface area contributed by atoms with Crippen molar-refractivity contribution in [2.45, 2.75) is 26.9 Å². The molecule has 7 heteroatoms. The maximum Gasteiger partial charge on any atom is 0.312 e. The number of thiazole rings is 1. The van der Waals surface area contributed by atoms with Crippen LogP contribution in [0.3, 0.4) is 0 Å². The summed E-state index contributed by atoms with van der Waals surface area (Å²) in [5.41, 5.74) is 1.18. The number of esters is 1. The molecule has 0 bridgehead atoms. The summed E-state index contributed by atoms with van der Waals surface area (Å²) in [6.07, 6.45) is 0.0502. The SMILES string of the molecule is COc1ccc(C(=O)CC(C)(C)C(=O)OCc2scnc2Cl)cc1. The van der Waals surface area contributed by atoms with Crippen LogP contribution in [0.25, 0.3) is 0 Å². The van der Waals surface area contributed by atoms with E-state index in [-0.39, 0.29) is 18.8 Å². The predicted octanol–water partition coefficient (Wildman–Crippen LogP) is 4.15. The Kier molecular flexibility index (Phi) is 5.96. The molecule has 2 aromatic rings. The Labute approximate surface area is 149 Å². The van der Waals surface area contributed by atoms with Gasteiger partial charge >= 0.3 is 5.97 Å². The van der Waals surface area contributed by atoms with E-state index in [0.717, 1.165) is 0 Å². The lowest BCUT2D eigenvalue weighted by Gasteiger charge is -2.21. The van der Waals surface area contributed by atoms with Gasteiger partial charge in [-0.05, 0) is 38.1 Å². The molecule has 0 atom stereocenters. The summed E-state index contributed by atoms with van der Waals surface area (Å²) in [7, 11) is 1.56. The lowest BCUT2D eigenvalue weighted by atomic mass is 9.85. The molecule has 0 unspecified atom stereocenters. The van der Waals surface area contributed by atoms with Crippen molar-refractivity contribution >= 4 is 34.7 Å². The number of nitrogens with zero attached hydrogens (tertiary/aromatic N) is 1. The van der Waals surface area contributed by atoms with Crippen LogP contribution in [0, 0.1) is 5.41 Å². The molecule has 0 aliphatic carbocycles. The number of hydrogen-bond acceptors (Lipinski definition) is 6. The first-order chi connectivity index (χ1) is 11.3. The summed E-state index contributed by atoms with van der Waals surface area (Å²) in [4.78, 5) is 29.2. The molecule has 0 N–H and O–H groups in total. The van der Waals surface area contributed by atoms with Gasteiger partial charge in [0.2, 0.25) is 0 Å². The molecule has 2 rings (SSSR count). The zero-order valence-corrected chi connectivity index (χ0v) is 15.2. The highest BCUT2D eigenvalue weighted by atomic mass is 35.5. The maximum atomic E-state index is 12.4. The molecule has 1 aromatic heterocycles. The predicted molar refractivity (Wildman–Crippen MR) is 92.6 cm³/mol. The molecule has 24 heavy (non-hydrogen) atoms. The van der Waals surface area contributed by atoms with Gasteiger partial charge in [0.15, 0.2) is 5.78 Å². The molecule has 1 heterocycles. The first-order valence-corrected chi connectivity index (χ1v) is 8.51. The van der Waals surface area contributed by atoms with Crippen molar-refractivity contribution in [2.24, 2.45) is 5.41 Å². The zero-order valence-electron chi connectivity index (χ0n) is 13.7. The second-order valence-corrected chi connectivity index (χ2v) is 7.15. The third-order valence-corrected chi connectivity index (χ3v) is 4.74. The smallest absolute Gasteiger partial charge is 0.312 e. The summed E-state index contributed by atoms with van der Waals surface area (Å²) in [6, 6.07) is 6.79. The number of rotatable bonds is 7. The number of Topliss-reactive ketones (excluding diaryl/α,β-unsaturated/α-hetero) is 1. The minimum Gasteiger partial charge on any atom is -0.497 e. The van der Waals surface area contributed by atoms with Gasteiger partial charge in [-0.25, -0.2) is 4.98 Å². The topological polar surface area (TPSA) is 65.5 Å². The van der Waals surface area contributed by atoms with Crippen LogP contribution in [0.15, 0.2) is 29.8 Å². The second-order valence-electron chi connectivity index (χ2n) is 5.85. The van der Waals surface area contributed by atoms with Gasteiger partial charge in [-0.15, -0.1) is 11.3 Å². The number of hydrogen-bond donors (Lipinski definition) is 0. The second kappa shape index (κ2) is 7.77. The fourth-order valence-electron chi connectivity index (χ4n) is 2.03. The van der Waals surface area contributed by atoms with E-state index in [0.29, 0.717) is 21.3 Å². The average molecular weight is 368 g/mol. The van der Waals surface area contributed by atoms with E-state index < -0.39 is 11.4 Å². The molecular formula is C17H18ClNO4S. The number of ether oxygens (including phenoxy) is 2. The summed E-state index contributed by atoms with van der Waals surface area (Å²) in [5.74, 6) is 0.0934. The van der Waals surface area contributed by atoms with Crippen LogP contribution in [0.5, 0.6) is 5.75 Å². The highest BCUT2D eigenvalue weighted by Crippen LogP contribution is 2.27. The van der Waals surface area contributed by atoms with E-state index in [4.69, 9.17) is 21.1 Å². The number of aromatic nitrogens is 1. The molecule has 0 fully saturated rings. The molecule has 0 saturated heterocycles. The van der Waals surface area contributed by atoms with Gasteiger partial charge in [0, 0.05) is 12.0 Å². The van der Waals surface area contributed by atoms with Gasteiger partial charge in [-0.3, -0.25) is 9.59 Å². The Morgan fingerprint density at radius 1 is 1.25 bits per heavy atom. The van der Waals surface area contributed by atoms with E-state index in [1.165, 1.54) is 11.3 Å². The summed E-state index contributed by atoms with van der Waals surface area (Å²) in [6.45, 7) is 3.43. The minimum absolute atomic E-state index is 0.0502. The van der Waals surface area contributed by atoms with Crippen molar-refractivity contribution in [3.63, 3.8) is 0 Å². The standard InChI is InChI=1S/C17H18ClNO4S/c1-17(2,16(21)23-9-14-15(18)19-10-24-14)8-13(20)11-4-6-12(22-3)7-5-11/h4-7,10H,8-9H2,1-3H3. The molecule has 0 saturated carbocycles. The molecule has 0 spiro atoms. The first kappa shape index (κ1) is 18.4. The number of ketones is 1. The van der Waals surface area contributed by atoms with Gasteiger partial charge in [-0.1, -0.05) is 11.6 Å². The number of halogens is 1. The Morgan fingerprint density at radius 2 is 1.92 bits per heavy atom. The van der Waals surface area contributed by atoms with E-state index >= 15 is 0 Å². The molecule has 128 valence electrons. The molecule has 0 aliphatic rings. The van der Waals surface area contributed by atoms with E-state index in [2.05, 4.69) is 4.98 Å². The van der Waals surface area contributed by atoms with E-state index in [1.807, 2.05) is 0 Å². The fraction of sp³-hybridized carbons (Fsp3) is 0.353. The van der Waals surface area contributed by atoms with Crippen LogP contribution in [0.1, 0.15) is 35.5 Å². The van der Waals surface area contributed by atoms with E-state index in [1.54, 1.807) is 50.7 Å². The summed E-state index contributed by atoms with van der Waals surface area (Å²) in [5, 5.41) is 0.333. The van der Waals surface area contributed by atoms with Crippen molar-refractivity contribution in [1.29, 1.82) is 0 Å². The van der Waals surface area contributed by atoms with Crippen molar-refractivity contribution < 1.29 is 19.1 Å². The Bertz CT molecular complexity index is 724. The van der Waals surface area contributed by atoms with Gasteiger partial charge in [0.05, 0.1) is 22.9 Å². The van der Waals surface area contributed by atoms with Crippen LogP contribution in [-0.2, 0) is 16.1 Å². The quantitative estimate of drug-likeness (QED) is 0.543. The number of methoxy groups -OCH3 is 1. The van der Waals surface area contributed by atoms with Crippen molar-refractivity contribution in [2.75, 3.05) is 7.11 Å². The minimum atomic E-state index is -0.936. The van der Waals surface area contributed by atoms with E-state index in [9.17, 15) is 9.59 Å². The molecule has 1 aromatic carbocycles. The average Bonchev–Trinajstić information content (AvgIpc) is 2.97. The van der Waals surface area contributed by atoms with Gasteiger partial charge < -0.3 is 9.47 Å². The number of carbonyl (C=O) groups is 2. The summed E-state index contributed by atoms with van der Waals surface area (Å²) < 4.78 is 10.3. The molecule has 0 amide bonds. The van der Waals surface area contributed by atoms with Crippen molar-refractivity contribution in [3.8, 4) is 5.75 Å². The fourth-order valence-corrected chi connectivity index (χ4v) is 2.89. The van der Waals surface area contributed by atoms with Crippen LogP contribution in [0.2, 0.25) is 5.15 Å². The third kappa shape index (κ3) is 4.55. The van der Waals surface area contributed by atoms with Crippen LogP contribution in [0.4, 0.5) is 0 Å². The number of carbonyl (C=O) groups excluding carboxylic acids is 2. The third-order valence-electron chi connectivity index (χ3n) is 3.49. The van der Waals surface area contributed by atoms with Crippen molar-refractivity contribution in [3.05, 3.63) is 45.4 Å². The lowest BCUT2D eigenvalue weighted by Crippen LogP contribution is -2.29. The maximum absolute atomic E-state index is 12.4. The van der Waals surface area contributed by atoms with Gasteiger partial charge in [0.25, 0.3) is 0 Å². The van der Waals surface area contributed by atoms with Crippen LogP contribution < -0.4 is 4.74 Å². The largest absolute Gasteiger partial charge is 0.497 e. The van der Waals surface area contributed by atoms with Crippen molar-refractivity contribution in [1.82, 2.24) is 4.98 Å². The zero-order chi connectivity index (χ0) is 17.7. The summed E-state index contributed by atoms with van der Waals surface area (Å²) >= 11 is 7.19. The molecular weight excluding hydrogens is 350 g/mol. The van der Waals surface area contributed by atoms with Crippen LogP contribution in [-0.4, -0.2) is 23.8 Å². The Hall–Kier alpha value is -1.92. The van der Waals surface area contributed by atoms with Gasteiger partial charge in [-0.2, -0.15) is 0 Å². The molecule has 5 nitrogen and oxygen atoms in total. The Morgan fingerprint density at radius 3 is 2.46 bits per heavy atom. The van der Waals surface area contributed by atoms with Gasteiger partial charge in [0.1, 0.15) is 17.5 Å². The molecule has 0 aliphatic heterocycles. The van der Waals surface area contributed by atoms with Crippen LogP contribution >= 0.6 is 22.9 Å². The highest BCUT2D eigenvalue weighted by Gasteiger charge is 2.32. The monoisotopic (exact) mass is 367 g/mol.